The number of nitrogens with zero attached hydrogens (tertiary/aromatic N) is 5. The maximum absolute atomic E-state index is 12.8. The molecule has 0 atom stereocenters. The number of pyridine rings is 1. The minimum Gasteiger partial charge on any atom is -0.337 e. The summed E-state index contributed by atoms with van der Waals surface area (Å²) in [6.07, 6.45) is 6.70. The van der Waals surface area contributed by atoms with Crippen molar-refractivity contribution in [1.82, 2.24) is 24.7 Å². The zero-order valence-corrected chi connectivity index (χ0v) is 16.5. The van der Waals surface area contributed by atoms with Gasteiger partial charge in [0.1, 0.15) is 6.54 Å². The molecule has 0 bridgehead atoms. The third-order valence-electron chi connectivity index (χ3n) is 5.56. The zero-order chi connectivity index (χ0) is 20.0. The third-order valence-corrected chi connectivity index (χ3v) is 5.81. The Kier molecular flexibility index (Phi) is 4.39. The van der Waals surface area contributed by atoms with Crippen molar-refractivity contribution in [3.8, 4) is 0 Å². The quantitative estimate of drug-likeness (QED) is 0.510. The average Bonchev–Trinajstić information content (AvgIpc) is 3.12. The van der Waals surface area contributed by atoms with E-state index in [9.17, 15) is 4.79 Å². The van der Waals surface area contributed by atoms with E-state index in [4.69, 9.17) is 16.1 Å². The molecular weight excluding hydrogens is 390 g/mol. The van der Waals surface area contributed by atoms with E-state index in [1.165, 1.54) is 16.5 Å². The molecule has 0 amide bonds. The molecule has 1 fully saturated rings. The van der Waals surface area contributed by atoms with E-state index in [1.54, 1.807) is 12.4 Å². The summed E-state index contributed by atoms with van der Waals surface area (Å²) >= 11 is 5.96. The van der Waals surface area contributed by atoms with Crippen molar-refractivity contribution in [3.05, 3.63) is 81.2 Å². The van der Waals surface area contributed by atoms with Crippen LogP contribution in [0.2, 0.25) is 5.02 Å². The maximum Gasteiger partial charge on any atom is 0.262 e. The zero-order valence-electron chi connectivity index (χ0n) is 15.7. The van der Waals surface area contributed by atoms with Crippen LogP contribution in [-0.4, -0.2) is 24.7 Å². The van der Waals surface area contributed by atoms with Gasteiger partial charge in [0.05, 0.1) is 23.4 Å². The van der Waals surface area contributed by atoms with Gasteiger partial charge in [0.15, 0.2) is 5.82 Å². The molecule has 7 nitrogen and oxygen atoms in total. The van der Waals surface area contributed by atoms with E-state index in [1.807, 2.05) is 19.1 Å². The van der Waals surface area contributed by atoms with Crippen LogP contribution < -0.4 is 5.56 Å². The first-order valence-electron chi connectivity index (χ1n) is 9.46. The predicted octanol–water partition coefficient (Wildman–Crippen LogP) is 3.85. The van der Waals surface area contributed by atoms with Gasteiger partial charge in [-0.15, -0.1) is 0 Å². The molecule has 8 heteroatoms. The topological polar surface area (TPSA) is 86.7 Å². The van der Waals surface area contributed by atoms with E-state index in [2.05, 4.69) is 32.2 Å². The molecule has 0 aliphatic heterocycles. The number of benzene rings is 1. The number of aromatic nitrogens is 5. The Balaban J connectivity index is 1.31. The lowest BCUT2D eigenvalue weighted by Crippen LogP contribution is -2.22. The Morgan fingerprint density at radius 3 is 2.76 bits per heavy atom. The van der Waals surface area contributed by atoms with Crippen molar-refractivity contribution >= 4 is 22.5 Å². The fourth-order valence-corrected chi connectivity index (χ4v) is 3.97. The van der Waals surface area contributed by atoms with Crippen LogP contribution in [-0.2, 0) is 6.54 Å². The van der Waals surface area contributed by atoms with E-state index >= 15 is 0 Å². The van der Waals surface area contributed by atoms with Crippen molar-refractivity contribution in [1.29, 1.82) is 0 Å². The fourth-order valence-electron chi connectivity index (χ4n) is 3.85. The SMILES string of the molecule is Cc1cncc2ncn(Cc3nc(C4CC(c5ccc(Cl)cc5)C4)no3)c(=O)c12. The molecule has 1 saturated carbocycles. The number of rotatable bonds is 4. The summed E-state index contributed by atoms with van der Waals surface area (Å²) in [4.78, 5) is 25.7. The van der Waals surface area contributed by atoms with Gasteiger partial charge in [0, 0.05) is 17.1 Å². The molecule has 1 aliphatic rings. The van der Waals surface area contributed by atoms with Crippen LogP contribution in [0.3, 0.4) is 0 Å². The van der Waals surface area contributed by atoms with Crippen LogP contribution in [0.4, 0.5) is 0 Å². The molecule has 29 heavy (non-hydrogen) atoms. The fraction of sp³-hybridized carbons (Fsp3) is 0.286. The van der Waals surface area contributed by atoms with Crippen LogP contribution >= 0.6 is 11.6 Å². The lowest BCUT2D eigenvalue weighted by molar-refractivity contribution is 0.315. The summed E-state index contributed by atoms with van der Waals surface area (Å²) in [6, 6.07) is 7.98. The molecule has 3 aromatic heterocycles. The van der Waals surface area contributed by atoms with Crippen molar-refractivity contribution in [2.45, 2.75) is 38.1 Å². The van der Waals surface area contributed by atoms with E-state index < -0.39 is 0 Å². The monoisotopic (exact) mass is 407 g/mol. The first kappa shape index (κ1) is 18.0. The molecular formula is C21H18ClN5O2. The van der Waals surface area contributed by atoms with Gasteiger partial charge in [-0.1, -0.05) is 28.9 Å². The summed E-state index contributed by atoms with van der Waals surface area (Å²) < 4.78 is 6.89. The van der Waals surface area contributed by atoms with Crippen LogP contribution in [0, 0.1) is 6.92 Å². The Morgan fingerprint density at radius 1 is 1.17 bits per heavy atom. The highest BCUT2D eigenvalue weighted by atomic mass is 35.5. The normalized spacial score (nSPS) is 18.7. The van der Waals surface area contributed by atoms with Gasteiger partial charge in [-0.3, -0.25) is 14.3 Å². The molecule has 0 spiro atoms. The van der Waals surface area contributed by atoms with Gasteiger partial charge in [-0.25, -0.2) is 4.98 Å². The van der Waals surface area contributed by atoms with Gasteiger partial charge in [-0.05, 0) is 48.9 Å². The second-order valence-electron chi connectivity index (χ2n) is 7.49. The molecule has 1 aliphatic carbocycles. The first-order chi connectivity index (χ1) is 14.1. The molecule has 3 heterocycles. The Hall–Kier alpha value is -3.06. The summed E-state index contributed by atoms with van der Waals surface area (Å²) in [5.41, 5.74) is 2.53. The van der Waals surface area contributed by atoms with Gasteiger partial charge >= 0.3 is 0 Å². The summed E-state index contributed by atoms with van der Waals surface area (Å²) in [7, 11) is 0. The highest BCUT2D eigenvalue weighted by molar-refractivity contribution is 6.30. The Bertz CT molecular complexity index is 1240. The number of hydrogen-bond donors (Lipinski definition) is 0. The molecule has 0 radical (unpaired) electrons. The molecule has 5 rings (SSSR count). The first-order valence-corrected chi connectivity index (χ1v) is 9.84. The van der Waals surface area contributed by atoms with Crippen molar-refractivity contribution < 1.29 is 4.52 Å². The van der Waals surface area contributed by atoms with Gasteiger partial charge in [0.25, 0.3) is 5.56 Å². The van der Waals surface area contributed by atoms with E-state index in [0.717, 1.165) is 23.4 Å². The highest BCUT2D eigenvalue weighted by Gasteiger charge is 2.34. The predicted molar refractivity (Wildman–Crippen MR) is 108 cm³/mol. The van der Waals surface area contributed by atoms with Gasteiger partial charge < -0.3 is 4.52 Å². The van der Waals surface area contributed by atoms with Crippen LogP contribution in [0.15, 0.2) is 52.3 Å². The average molecular weight is 408 g/mol. The van der Waals surface area contributed by atoms with Crippen LogP contribution in [0.1, 0.15) is 47.5 Å². The van der Waals surface area contributed by atoms with Crippen molar-refractivity contribution in [2.24, 2.45) is 0 Å². The Labute approximate surface area is 171 Å². The summed E-state index contributed by atoms with van der Waals surface area (Å²) in [5, 5.41) is 5.44. The highest BCUT2D eigenvalue weighted by Crippen LogP contribution is 2.46. The second kappa shape index (κ2) is 7.08. The van der Waals surface area contributed by atoms with Gasteiger partial charge in [0.2, 0.25) is 5.89 Å². The van der Waals surface area contributed by atoms with Gasteiger partial charge in [-0.2, -0.15) is 4.98 Å². The largest absolute Gasteiger partial charge is 0.337 e. The lowest BCUT2D eigenvalue weighted by atomic mass is 9.71. The lowest BCUT2D eigenvalue weighted by Gasteiger charge is -2.33. The summed E-state index contributed by atoms with van der Waals surface area (Å²) in [5.74, 6) is 1.87. The second-order valence-corrected chi connectivity index (χ2v) is 7.93. The number of hydrogen-bond acceptors (Lipinski definition) is 6. The molecule has 1 aromatic carbocycles. The third kappa shape index (κ3) is 3.31. The van der Waals surface area contributed by atoms with Crippen LogP contribution in [0.25, 0.3) is 10.9 Å². The minimum atomic E-state index is -0.138. The number of fused-ring (bicyclic) bond motifs is 1. The molecule has 4 aromatic rings. The van der Waals surface area contributed by atoms with Crippen molar-refractivity contribution in [2.75, 3.05) is 0 Å². The van der Waals surface area contributed by atoms with E-state index in [0.29, 0.717) is 28.5 Å². The summed E-state index contributed by atoms with van der Waals surface area (Å²) in [6.45, 7) is 2.05. The number of aryl methyl sites for hydroxylation is 1. The Morgan fingerprint density at radius 2 is 1.97 bits per heavy atom. The van der Waals surface area contributed by atoms with Crippen molar-refractivity contribution in [3.63, 3.8) is 0 Å². The minimum absolute atomic E-state index is 0.138. The smallest absolute Gasteiger partial charge is 0.262 e. The van der Waals surface area contributed by atoms with Crippen LogP contribution in [0.5, 0.6) is 0 Å². The maximum atomic E-state index is 12.8. The molecule has 0 unspecified atom stereocenters. The standard InChI is InChI=1S/C21H18ClN5O2/c1-12-8-23-9-17-19(12)21(28)27(11-24-17)10-18-25-20(26-29-18)15-6-14(7-15)13-2-4-16(22)5-3-13/h2-5,8-9,11,14-15H,6-7,10H2,1H3. The van der Waals surface area contributed by atoms with E-state index in [-0.39, 0.29) is 18.0 Å². The number of halogens is 1. The molecule has 0 saturated heterocycles. The molecule has 0 N–H and O–H groups in total. The molecule has 146 valence electrons.